The normalized spacial score (nSPS) is 11.1. The van der Waals surface area contributed by atoms with E-state index in [4.69, 9.17) is 10.2 Å². The number of nitrogens with one attached hydrogen (secondary N) is 1. The highest BCUT2D eigenvalue weighted by Gasteiger charge is 2.18. The van der Waals surface area contributed by atoms with E-state index in [-0.39, 0.29) is 13.2 Å². The maximum atomic E-state index is 12.0. The van der Waals surface area contributed by atoms with Gasteiger partial charge in [-0.25, -0.2) is 0 Å². The van der Waals surface area contributed by atoms with E-state index in [0.29, 0.717) is 5.69 Å². The number of carbonyl (C=O) groups excluding carboxylic acids is 1. The first-order chi connectivity index (χ1) is 8.67. The lowest BCUT2D eigenvalue weighted by atomic mass is 10.2. The molecule has 0 atom stereocenters. The molecule has 0 aliphatic heterocycles. The summed E-state index contributed by atoms with van der Waals surface area (Å²) in [6, 6.07) is 6.71. The molecular weight excluding hydrogens is 234 g/mol. The van der Waals surface area contributed by atoms with E-state index < -0.39 is 11.9 Å². The Morgan fingerprint density at radius 1 is 1.39 bits per heavy atom. The second-order valence-electron chi connectivity index (χ2n) is 4.02. The van der Waals surface area contributed by atoms with Gasteiger partial charge in [0.2, 0.25) is 0 Å². The average Bonchev–Trinajstić information content (AvgIpc) is 2.74. The van der Waals surface area contributed by atoms with Crippen LogP contribution in [-0.2, 0) is 7.05 Å². The minimum absolute atomic E-state index is 0.292. The van der Waals surface area contributed by atoms with Crippen LogP contribution in [0, 0.1) is 0 Å². The number of aliphatic hydroxyl groups excluding tert-OH is 2. The van der Waals surface area contributed by atoms with E-state index in [0.717, 1.165) is 10.9 Å². The largest absolute Gasteiger partial charge is 0.394 e. The van der Waals surface area contributed by atoms with E-state index in [1.807, 2.05) is 24.3 Å². The molecule has 1 heterocycles. The smallest absolute Gasteiger partial charge is 0.272 e. The summed E-state index contributed by atoms with van der Waals surface area (Å²) in [5.41, 5.74) is 1.15. The maximum Gasteiger partial charge on any atom is 0.272 e. The zero-order valence-corrected chi connectivity index (χ0v) is 10.00. The molecule has 1 aromatic heterocycles. The molecule has 0 saturated heterocycles. The Morgan fingerprint density at radius 2 is 2.06 bits per heavy atom. The standard InChI is InChI=1S/C12H15N3O3/c1-15-10-5-3-2-4-9(10)11(14-15)12(18)13-8(6-16)7-17/h2-5,8,16-17H,6-7H2,1H3,(H,13,18). The molecule has 0 bridgehead atoms. The second-order valence-corrected chi connectivity index (χ2v) is 4.02. The Hall–Kier alpha value is -1.92. The summed E-state index contributed by atoms with van der Waals surface area (Å²) in [6.45, 7) is -0.625. The number of hydrogen-bond donors (Lipinski definition) is 3. The summed E-state index contributed by atoms with van der Waals surface area (Å²) in [6.07, 6.45) is 0. The minimum Gasteiger partial charge on any atom is -0.394 e. The Labute approximate surface area is 104 Å². The lowest BCUT2D eigenvalue weighted by molar-refractivity contribution is 0.0875. The van der Waals surface area contributed by atoms with Gasteiger partial charge in [0.1, 0.15) is 0 Å². The Kier molecular flexibility index (Phi) is 3.59. The number of para-hydroxylation sites is 1. The molecule has 0 fully saturated rings. The number of aliphatic hydroxyl groups is 2. The molecule has 0 spiro atoms. The van der Waals surface area contributed by atoms with Crippen molar-refractivity contribution in [2.75, 3.05) is 13.2 Å². The molecule has 1 aromatic carbocycles. The van der Waals surface area contributed by atoms with Gasteiger partial charge in [0.05, 0.1) is 24.8 Å². The molecular formula is C12H15N3O3. The van der Waals surface area contributed by atoms with Crippen LogP contribution in [-0.4, -0.2) is 45.2 Å². The number of rotatable bonds is 4. The van der Waals surface area contributed by atoms with Crippen molar-refractivity contribution in [1.29, 1.82) is 0 Å². The molecule has 0 radical (unpaired) electrons. The third-order valence-corrected chi connectivity index (χ3v) is 2.75. The molecule has 0 aliphatic carbocycles. The van der Waals surface area contributed by atoms with Crippen molar-refractivity contribution >= 4 is 16.8 Å². The molecule has 0 unspecified atom stereocenters. The fourth-order valence-electron chi connectivity index (χ4n) is 1.78. The summed E-state index contributed by atoms with van der Waals surface area (Å²) in [4.78, 5) is 12.0. The van der Waals surface area contributed by atoms with Gasteiger partial charge in [0.25, 0.3) is 5.91 Å². The van der Waals surface area contributed by atoms with Gasteiger partial charge in [-0.15, -0.1) is 0 Å². The van der Waals surface area contributed by atoms with Crippen molar-refractivity contribution in [3.8, 4) is 0 Å². The minimum atomic E-state index is -0.668. The highest BCUT2D eigenvalue weighted by Crippen LogP contribution is 2.17. The van der Waals surface area contributed by atoms with Crippen molar-refractivity contribution in [2.45, 2.75) is 6.04 Å². The van der Waals surface area contributed by atoms with Crippen LogP contribution >= 0.6 is 0 Å². The van der Waals surface area contributed by atoms with Crippen LogP contribution in [0.5, 0.6) is 0 Å². The van der Waals surface area contributed by atoms with Gasteiger partial charge < -0.3 is 15.5 Å². The maximum absolute atomic E-state index is 12.0. The Morgan fingerprint density at radius 3 is 2.72 bits per heavy atom. The van der Waals surface area contributed by atoms with Crippen molar-refractivity contribution in [2.24, 2.45) is 7.05 Å². The van der Waals surface area contributed by atoms with Crippen molar-refractivity contribution in [3.05, 3.63) is 30.0 Å². The molecule has 0 saturated carbocycles. The number of benzene rings is 1. The topological polar surface area (TPSA) is 87.4 Å². The molecule has 3 N–H and O–H groups in total. The van der Waals surface area contributed by atoms with Gasteiger partial charge in [-0.05, 0) is 6.07 Å². The molecule has 96 valence electrons. The molecule has 18 heavy (non-hydrogen) atoms. The fraction of sp³-hybridized carbons (Fsp3) is 0.333. The van der Waals surface area contributed by atoms with Crippen molar-refractivity contribution < 1.29 is 15.0 Å². The van der Waals surface area contributed by atoms with Crippen LogP contribution in [0.25, 0.3) is 10.9 Å². The van der Waals surface area contributed by atoms with E-state index in [9.17, 15) is 4.79 Å². The number of hydrogen-bond acceptors (Lipinski definition) is 4. The second kappa shape index (κ2) is 5.16. The van der Waals surface area contributed by atoms with Crippen LogP contribution in [0.15, 0.2) is 24.3 Å². The molecule has 2 aromatic rings. The number of amides is 1. The summed E-state index contributed by atoms with van der Waals surface area (Å²) in [5, 5.41) is 25.3. The third-order valence-electron chi connectivity index (χ3n) is 2.75. The number of carbonyl (C=O) groups is 1. The van der Waals surface area contributed by atoms with Crippen molar-refractivity contribution in [1.82, 2.24) is 15.1 Å². The highest BCUT2D eigenvalue weighted by molar-refractivity contribution is 6.04. The Balaban J connectivity index is 2.33. The van der Waals surface area contributed by atoms with Crippen LogP contribution in [0.2, 0.25) is 0 Å². The summed E-state index contributed by atoms with van der Waals surface area (Å²) in [5.74, 6) is -0.403. The predicted octanol–water partition coefficient (Wildman–Crippen LogP) is -0.344. The number of nitrogens with zero attached hydrogens (tertiary/aromatic N) is 2. The number of aromatic nitrogens is 2. The lowest BCUT2D eigenvalue weighted by Crippen LogP contribution is -2.40. The van der Waals surface area contributed by atoms with Gasteiger partial charge in [0.15, 0.2) is 5.69 Å². The fourth-order valence-corrected chi connectivity index (χ4v) is 1.78. The molecule has 6 heteroatoms. The van der Waals surface area contributed by atoms with E-state index in [1.54, 1.807) is 11.7 Å². The highest BCUT2D eigenvalue weighted by atomic mass is 16.3. The summed E-state index contributed by atoms with van der Waals surface area (Å²) in [7, 11) is 1.76. The Bertz CT molecular complexity index is 561. The molecule has 6 nitrogen and oxygen atoms in total. The molecule has 1 amide bonds. The lowest BCUT2D eigenvalue weighted by Gasteiger charge is -2.11. The first-order valence-corrected chi connectivity index (χ1v) is 5.61. The van der Waals surface area contributed by atoms with E-state index in [1.165, 1.54) is 0 Å². The van der Waals surface area contributed by atoms with Gasteiger partial charge >= 0.3 is 0 Å². The van der Waals surface area contributed by atoms with E-state index in [2.05, 4.69) is 10.4 Å². The van der Waals surface area contributed by atoms with E-state index >= 15 is 0 Å². The third kappa shape index (κ3) is 2.20. The van der Waals surface area contributed by atoms with Gasteiger partial charge in [0, 0.05) is 12.4 Å². The average molecular weight is 249 g/mol. The zero-order chi connectivity index (χ0) is 13.1. The summed E-state index contributed by atoms with van der Waals surface area (Å²) < 4.78 is 1.62. The predicted molar refractivity (Wildman–Crippen MR) is 66.1 cm³/mol. The monoisotopic (exact) mass is 249 g/mol. The van der Waals surface area contributed by atoms with Crippen LogP contribution in [0.3, 0.4) is 0 Å². The van der Waals surface area contributed by atoms with Crippen molar-refractivity contribution in [3.63, 3.8) is 0 Å². The SMILES string of the molecule is Cn1nc(C(=O)NC(CO)CO)c2ccccc21. The van der Waals surface area contributed by atoms with Crippen LogP contribution in [0.4, 0.5) is 0 Å². The van der Waals surface area contributed by atoms with Crippen LogP contribution < -0.4 is 5.32 Å². The van der Waals surface area contributed by atoms with Gasteiger partial charge in [-0.1, -0.05) is 18.2 Å². The van der Waals surface area contributed by atoms with Gasteiger partial charge in [-0.3, -0.25) is 9.48 Å². The number of fused-ring (bicyclic) bond motifs is 1. The quantitative estimate of drug-likeness (QED) is 0.691. The first kappa shape index (κ1) is 12.5. The molecule has 2 rings (SSSR count). The summed E-state index contributed by atoms with van der Waals surface area (Å²) >= 11 is 0. The number of aryl methyl sites for hydroxylation is 1. The zero-order valence-electron chi connectivity index (χ0n) is 10.00. The van der Waals surface area contributed by atoms with Gasteiger partial charge in [-0.2, -0.15) is 5.10 Å². The van der Waals surface area contributed by atoms with Crippen LogP contribution in [0.1, 0.15) is 10.5 Å². The molecule has 0 aliphatic rings. The first-order valence-electron chi connectivity index (χ1n) is 5.61.